The van der Waals surface area contributed by atoms with E-state index in [-0.39, 0.29) is 5.91 Å². The zero-order chi connectivity index (χ0) is 24.8. The third-order valence-electron chi connectivity index (χ3n) is 6.73. The van der Waals surface area contributed by atoms with Crippen molar-refractivity contribution in [3.63, 3.8) is 0 Å². The summed E-state index contributed by atoms with van der Waals surface area (Å²) >= 11 is 0. The Bertz CT molecular complexity index is 1250. The van der Waals surface area contributed by atoms with E-state index in [2.05, 4.69) is 5.32 Å². The fourth-order valence-corrected chi connectivity index (χ4v) is 5.45. The highest BCUT2D eigenvalue weighted by Gasteiger charge is 2.72. The van der Waals surface area contributed by atoms with Crippen molar-refractivity contribution in [3.8, 4) is 0 Å². The molecule has 2 fully saturated rings. The van der Waals surface area contributed by atoms with Crippen molar-refractivity contribution < 1.29 is 19.1 Å². The molecule has 0 aromatic heterocycles. The van der Waals surface area contributed by atoms with Gasteiger partial charge >= 0.3 is 5.97 Å². The van der Waals surface area contributed by atoms with E-state index in [4.69, 9.17) is 4.74 Å². The zero-order valence-electron chi connectivity index (χ0n) is 20.0. The molecule has 35 heavy (non-hydrogen) atoms. The topological polar surface area (TPSA) is 75.7 Å². The Morgan fingerprint density at radius 2 is 1.40 bits per heavy atom. The molecule has 5 rings (SSSR count). The summed E-state index contributed by atoms with van der Waals surface area (Å²) in [6.45, 7) is 5.37. The molecule has 0 unspecified atom stereocenters. The molecule has 0 aliphatic carbocycles. The van der Waals surface area contributed by atoms with Gasteiger partial charge in [0.25, 0.3) is 0 Å². The highest BCUT2D eigenvalue weighted by Crippen LogP contribution is 2.56. The van der Waals surface area contributed by atoms with Gasteiger partial charge < -0.3 is 4.74 Å². The number of fused-ring (bicyclic) bond motifs is 1. The molecule has 2 saturated heterocycles. The molecule has 3 aromatic rings. The summed E-state index contributed by atoms with van der Waals surface area (Å²) < 4.78 is 5.74. The number of anilines is 1. The first-order valence-electron chi connectivity index (χ1n) is 11.8. The van der Waals surface area contributed by atoms with E-state index in [9.17, 15) is 14.4 Å². The zero-order valence-corrected chi connectivity index (χ0v) is 20.0. The van der Waals surface area contributed by atoms with E-state index >= 15 is 0 Å². The number of amides is 2. The number of imide groups is 1. The number of carbonyl (C=O) groups is 3. The number of rotatable bonds is 4. The summed E-state index contributed by atoms with van der Waals surface area (Å²) in [6.07, 6.45) is 0. The van der Waals surface area contributed by atoms with E-state index in [0.29, 0.717) is 11.3 Å². The van der Waals surface area contributed by atoms with Crippen molar-refractivity contribution in [1.82, 2.24) is 5.32 Å². The second-order valence-corrected chi connectivity index (χ2v) is 10.0. The molecule has 2 heterocycles. The van der Waals surface area contributed by atoms with Gasteiger partial charge in [-0.05, 0) is 44.0 Å². The maximum atomic E-state index is 14.5. The smallest absolute Gasteiger partial charge is 0.324 e. The van der Waals surface area contributed by atoms with Crippen LogP contribution in [-0.2, 0) is 24.5 Å². The molecule has 3 aromatic carbocycles. The number of esters is 1. The predicted octanol–water partition coefficient (Wildman–Crippen LogP) is 4.17. The fourth-order valence-electron chi connectivity index (χ4n) is 5.45. The Morgan fingerprint density at radius 3 is 1.97 bits per heavy atom. The first kappa shape index (κ1) is 23.0. The molecule has 6 nitrogen and oxygen atoms in total. The van der Waals surface area contributed by atoms with Gasteiger partial charge in [0.05, 0.1) is 17.6 Å². The summed E-state index contributed by atoms with van der Waals surface area (Å²) in [4.78, 5) is 43.3. The Labute approximate surface area is 204 Å². The Kier molecular flexibility index (Phi) is 5.56. The first-order valence-corrected chi connectivity index (χ1v) is 11.8. The van der Waals surface area contributed by atoms with Crippen molar-refractivity contribution in [2.45, 2.75) is 43.9 Å². The van der Waals surface area contributed by atoms with Gasteiger partial charge in [-0.25, -0.2) is 4.90 Å². The third kappa shape index (κ3) is 3.65. The van der Waals surface area contributed by atoms with E-state index < -0.39 is 40.9 Å². The van der Waals surface area contributed by atoms with Crippen LogP contribution in [0.2, 0.25) is 0 Å². The number of nitrogens with one attached hydrogen (secondary N) is 1. The summed E-state index contributed by atoms with van der Waals surface area (Å²) in [5.41, 5.74) is -0.0689. The molecule has 0 radical (unpaired) electrons. The summed E-state index contributed by atoms with van der Waals surface area (Å²) in [7, 11) is 0. The third-order valence-corrected chi connectivity index (χ3v) is 6.73. The molecule has 2 amide bonds. The summed E-state index contributed by atoms with van der Waals surface area (Å²) in [5, 5.41) is 3.36. The van der Waals surface area contributed by atoms with Crippen molar-refractivity contribution in [2.24, 2.45) is 5.92 Å². The number of ether oxygens (including phenoxy) is 1. The van der Waals surface area contributed by atoms with Crippen LogP contribution in [0.25, 0.3) is 0 Å². The van der Waals surface area contributed by atoms with E-state index in [1.54, 1.807) is 45.0 Å². The quantitative estimate of drug-likeness (QED) is 0.460. The summed E-state index contributed by atoms with van der Waals surface area (Å²) in [6, 6.07) is 26.1. The Hall–Kier alpha value is -3.77. The predicted molar refractivity (Wildman–Crippen MR) is 132 cm³/mol. The fraction of sp³-hybridized carbons (Fsp3) is 0.276. The maximum absolute atomic E-state index is 14.5. The number of nitrogens with zero attached hydrogens (tertiary/aromatic N) is 1. The standard InChI is InChI=1S/C29H28N2O4/c1-28(2,3)35-26(33)23-22-25(32)31(21-17-11-6-12-18-21)27(34)29(22,20-15-9-5-10-16-20)24(30-23)19-13-7-4-8-14-19/h4-18,22-24,30H,1-3H3/t22-,23+,24+,29+/m0/s1. The van der Waals surface area contributed by atoms with Crippen LogP contribution < -0.4 is 10.2 Å². The average Bonchev–Trinajstić information content (AvgIpc) is 3.32. The Balaban J connectivity index is 1.75. The van der Waals surface area contributed by atoms with Crippen LogP contribution in [0.1, 0.15) is 37.9 Å². The number of hydrogen-bond acceptors (Lipinski definition) is 5. The summed E-state index contributed by atoms with van der Waals surface area (Å²) in [5.74, 6) is -2.28. The van der Waals surface area contributed by atoms with Crippen LogP contribution in [0, 0.1) is 5.92 Å². The second kappa shape index (κ2) is 8.47. The van der Waals surface area contributed by atoms with E-state index in [1.807, 2.05) is 66.7 Å². The van der Waals surface area contributed by atoms with Gasteiger partial charge in [-0.2, -0.15) is 0 Å². The molecule has 2 aliphatic heterocycles. The van der Waals surface area contributed by atoms with Gasteiger partial charge in [0.15, 0.2) is 0 Å². The maximum Gasteiger partial charge on any atom is 0.324 e. The van der Waals surface area contributed by atoms with Crippen molar-refractivity contribution in [2.75, 3.05) is 4.90 Å². The lowest BCUT2D eigenvalue weighted by Gasteiger charge is -2.33. The SMILES string of the molecule is CC(C)(C)OC(=O)[C@@H]1N[C@H](c2ccccc2)[C@]2(c3ccccc3)C(=O)N(c3ccccc3)C(=O)[C@H]12. The van der Waals surface area contributed by atoms with Crippen LogP contribution in [0.15, 0.2) is 91.0 Å². The lowest BCUT2D eigenvalue weighted by atomic mass is 9.66. The lowest BCUT2D eigenvalue weighted by molar-refractivity contribution is -0.159. The minimum Gasteiger partial charge on any atom is -0.459 e. The molecular weight excluding hydrogens is 440 g/mol. The molecule has 2 aliphatic rings. The molecule has 1 N–H and O–H groups in total. The van der Waals surface area contributed by atoms with Gasteiger partial charge in [0.1, 0.15) is 17.1 Å². The van der Waals surface area contributed by atoms with Gasteiger partial charge in [-0.1, -0.05) is 78.9 Å². The highest BCUT2D eigenvalue weighted by molar-refractivity contribution is 6.27. The molecule has 6 heteroatoms. The van der Waals surface area contributed by atoms with Gasteiger partial charge in [0, 0.05) is 0 Å². The lowest BCUT2D eigenvalue weighted by Crippen LogP contribution is -2.46. The molecular formula is C29H28N2O4. The van der Waals surface area contributed by atoms with E-state index in [0.717, 1.165) is 5.56 Å². The van der Waals surface area contributed by atoms with Gasteiger partial charge in [0.2, 0.25) is 11.8 Å². The minimum atomic E-state index is -1.32. The molecule has 178 valence electrons. The number of carbonyl (C=O) groups excluding carboxylic acids is 3. The van der Waals surface area contributed by atoms with Crippen LogP contribution >= 0.6 is 0 Å². The number of benzene rings is 3. The normalized spacial score (nSPS) is 26.0. The molecule has 0 bridgehead atoms. The number of hydrogen-bond donors (Lipinski definition) is 1. The monoisotopic (exact) mass is 468 g/mol. The van der Waals surface area contributed by atoms with Gasteiger partial charge in [-0.3, -0.25) is 19.7 Å². The molecule has 0 spiro atoms. The highest BCUT2D eigenvalue weighted by atomic mass is 16.6. The molecule has 4 atom stereocenters. The molecule has 0 saturated carbocycles. The van der Waals surface area contributed by atoms with Crippen molar-refractivity contribution in [1.29, 1.82) is 0 Å². The van der Waals surface area contributed by atoms with Crippen molar-refractivity contribution in [3.05, 3.63) is 102 Å². The second-order valence-electron chi connectivity index (χ2n) is 10.0. The van der Waals surface area contributed by atoms with Crippen molar-refractivity contribution >= 4 is 23.5 Å². The Morgan fingerprint density at radius 1 is 0.857 bits per heavy atom. The van der Waals surface area contributed by atoms with Crippen LogP contribution in [0.4, 0.5) is 5.69 Å². The number of para-hydroxylation sites is 1. The van der Waals surface area contributed by atoms with E-state index in [1.165, 1.54) is 4.90 Å². The van der Waals surface area contributed by atoms with Crippen LogP contribution in [-0.4, -0.2) is 29.4 Å². The van der Waals surface area contributed by atoms with Gasteiger partial charge in [-0.15, -0.1) is 0 Å². The van der Waals surface area contributed by atoms with Crippen LogP contribution in [0.5, 0.6) is 0 Å². The average molecular weight is 469 g/mol. The first-order chi connectivity index (χ1) is 16.7. The minimum absolute atomic E-state index is 0.350. The van der Waals surface area contributed by atoms with Crippen LogP contribution in [0.3, 0.4) is 0 Å². The largest absolute Gasteiger partial charge is 0.459 e.